The molecule has 5 atom stereocenters. The first-order valence-corrected chi connectivity index (χ1v) is 34.1. The zero-order valence-electron chi connectivity index (χ0n) is 54.7. The van der Waals surface area contributed by atoms with E-state index in [1.165, 1.54) is 32.1 Å². The van der Waals surface area contributed by atoms with E-state index in [2.05, 4.69) is 16.0 Å². The van der Waals surface area contributed by atoms with Crippen molar-refractivity contribution in [2.24, 2.45) is 11.5 Å². The number of hydrogen-bond donors (Lipinski definition) is 15. The van der Waals surface area contributed by atoms with E-state index in [4.69, 9.17) is 21.7 Å². The molecule has 0 saturated heterocycles. The third-order valence-electron chi connectivity index (χ3n) is 20.6. The quantitative estimate of drug-likeness (QED) is 0.0345. The van der Waals surface area contributed by atoms with Gasteiger partial charge in [0.05, 0.1) is 41.2 Å². The molecule has 5 aromatic carbocycles. The molecule has 5 aromatic rings. The molecular weight excluding hydrogens is 1130 g/mol. The Labute approximate surface area is 538 Å². The van der Waals surface area contributed by atoms with Gasteiger partial charge in [0.15, 0.2) is 0 Å². The van der Waals surface area contributed by atoms with Crippen molar-refractivity contribution in [2.45, 2.75) is 231 Å². The number of likely N-dealkylation sites (N-methyl/N-ethyl adjacent to an activating group) is 3. The van der Waals surface area contributed by atoms with Crippen molar-refractivity contribution in [1.29, 1.82) is 0 Å². The highest BCUT2D eigenvalue weighted by molar-refractivity contribution is 5.34. The minimum atomic E-state index is -0.663. The van der Waals surface area contributed by atoms with Crippen LogP contribution < -0.4 is 27.4 Å². The largest absolute Gasteiger partial charge is 0.508 e. The van der Waals surface area contributed by atoms with Crippen molar-refractivity contribution in [3.63, 3.8) is 0 Å². The van der Waals surface area contributed by atoms with Gasteiger partial charge in [-0.3, -0.25) is 0 Å². The predicted octanol–water partition coefficient (Wildman–Crippen LogP) is 11.0. The lowest BCUT2D eigenvalue weighted by molar-refractivity contribution is -0.0214. The summed E-state index contributed by atoms with van der Waals surface area (Å²) in [5.74, 6) is 1.11. The molecule has 0 aromatic heterocycles. The number of aromatic hydroxyl groups is 3. The molecule has 15 heteroatoms. The molecule has 10 rings (SSSR count). The molecule has 0 unspecified atom stereocenters. The fraction of sp³-hybridized carbons (Fsp3) is 0.600. The fourth-order valence-corrected chi connectivity index (χ4v) is 15.2. The Balaban J connectivity index is 0.000000179. The van der Waals surface area contributed by atoms with Crippen LogP contribution in [0, 0.1) is 0 Å². The zero-order chi connectivity index (χ0) is 65.1. The van der Waals surface area contributed by atoms with Crippen molar-refractivity contribution in [3.8, 4) is 17.2 Å². The van der Waals surface area contributed by atoms with Crippen molar-refractivity contribution in [3.05, 3.63) is 160 Å². The summed E-state index contributed by atoms with van der Waals surface area (Å²) in [5, 5.41) is 110. The van der Waals surface area contributed by atoms with Crippen LogP contribution in [0.5, 0.6) is 17.2 Å². The summed E-state index contributed by atoms with van der Waals surface area (Å²) in [6, 6.07) is 37.3. The van der Waals surface area contributed by atoms with Crippen LogP contribution in [0.1, 0.15) is 229 Å². The molecule has 5 aliphatic rings. The maximum atomic E-state index is 11.0. The first-order chi connectivity index (χ1) is 43.4. The molecule has 0 radical (unpaired) electrons. The van der Waals surface area contributed by atoms with Crippen LogP contribution in [0.15, 0.2) is 121 Å². The van der Waals surface area contributed by atoms with Gasteiger partial charge in [0, 0.05) is 62.3 Å². The Bertz CT molecular complexity index is 2640. The predicted molar refractivity (Wildman–Crippen MR) is 363 cm³/mol. The van der Waals surface area contributed by atoms with Crippen molar-refractivity contribution < 1.29 is 51.1 Å². The van der Waals surface area contributed by atoms with Gasteiger partial charge in [-0.25, -0.2) is 0 Å². The molecule has 0 spiro atoms. The minimum Gasteiger partial charge on any atom is -0.508 e. The second-order valence-corrected chi connectivity index (χ2v) is 26.8. The van der Waals surface area contributed by atoms with Gasteiger partial charge < -0.3 is 78.5 Å². The molecule has 5 aliphatic carbocycles. The minimum absolute atomic E-state index is 0.00513. The molecule has 0 heterocycles. The summed E-state index contributed by atoms with van der Waals surface area (Å²) < 4.78 is 0. The van der Waals surface area contributed by atoms with Gasteiger partial charge in [-0.1, -0.05) is 181 Å². The monoisotopic (exact) mass is 1250 g/mol. The second kappa shape index (κ2) is 37.1. The van der Waals surface area contributed by atoms with E-state index in [1.54, 1.807) is 36.4 Å². The average molecular weight is 1250 g/mol. The number of rotatable bonds is 20. The summed E-state index contributed by atoms with van der Waals surface area (Å²) in [6.07, 6.45) is 25.7. The molecule has 5 fully saturated rings. The van der Waals surface area contributed by atoms with Crippen LogP contribution in [0.3, 0.4) is 0 Å². The van der Waals surface area contributed by atoms with Crippen LogP contribution in [0.4, 0.5) is 0 Å². The van der Waals surface area contributed by atoms with Gasteiger partial charge in [-0.15, -0.1) is 0 Å². The summed E-state index contributed by atoms with van der Waals surface area (Å²) in [5.41, 5.74) is 15.9. The topological polar surface area (TPSA) is 290 Å². The lowest BCUT2D eigenvalue weighted by Gasteiger charge is -2.39. The zero-order valence-corrected chi connectivity index (χ0v) is 54.7. The van der Waals surface area contributed by atoms with E-state index in [0.717, 1.165) is 187 Å². The van der Waals surface area contributed by atoms with Gasteiger partial charge >= 0.3 is 0 Å². The van der Waals surface area contributed by atoms with E-state index in [1.807, 2.05) is 106 Å². The van der Waals surface area contributed by atoms with Crippen LogP contribution in [-0.4, -0.2) is 133 Å². The molecule has 500 valence electrons. The summed E-state index contributed by atoms with van der Waals surface area (Å²) >= 11 is 0. The standard InChI is InChI=1S/C16H25NO2.3C15H23NO2.C14H21NO2/c1-17-11-15(16(19)9-3-2-4-10-16)14-7-5-13(12-18)6-8-14;2*1-16-11-14(12-5-7-13(17)8-6-12)15(18)9-3-2-4-10-15;16-10-14(15(18)8-2-1-3-9-15)13-6-4-12(11-17)5-7-13;15-10-13(11-4-6-12(16)7-5-11)14(17)8-2-1-3-9-14/h5-8,15,17-19H,2-4,9-12H2,1H3;2*5-8,14,16-18H,2-4,9-11H2,1H3;4-7,14,17-18H,1-3,8-11,16H2;4-7,13,16-17H,1-3,8-10,15H2/t15-;3*14-;13-/m00000/s1. The van der Waals surface area contributed by atoms with Gasteiger partial charge in [-0.05, 0) is 161 Å². The Kier molecular flexibility index (Phi) is 30.5. The number of phenols is 3. The number of nitrogens with one attached hydrogen (secondary N) is 3. The molecule has 90 heavy (non-hydrogen) atoms. The third-order valence-corrected chi connectivity index (χ3v) is 20.6. The van der Waals surface area contributed by atoms with Gasteiger partial charge in [0.2, 0.25) is 0 Å². The third kappa shape index (κ3) is 21.3. The maximum absolute atomic E-state index is 11.0. The summed E-state index contributed by atoms with van der Waals surface area (Å²) in [7, 11) is 5.76. The second-order valence-electron chi connectivity index (χ2n) is 26.8. The van der Waals surface area contributed by atoms with Crippen LogP contribution in [0.2, 0.25) is 0 Å². The molecular formula is C75H115N5O10. The number of nitrogens with two attached hydrogens (primary N) is 2. The van der Waals surface area contributed by atoms with Crippen molar-refractivity contribution in [1.82, 2.24) is 16.0 Å². The smallest absolute Gasteiger partial charge is 0.115 e. The number of phenolic OH excluding ortho intramolecular Hbond substituents is 3. The number of aliphatic hydroxyl groups is 7. The summed E-state index contributed by atoms with van der Waals surface area (Å²) in [6.45, 7) is 3.35. The lowest BCUT2D eigenvalue weighted by Crippen LogP contribution is -2.42. The first-order valence-electron chi connectivity index (χ1n) is 34.1. The molecule has 5 saturated carbocycles. The Morgan fingerprint density at radius 2 is 0.478 bits per heavy atom. The number of hydrogen-bond acceptors (Lipinski definition) is 15. The first kappa shape index (κ1) is 74.1. The molecule has 15 nitrogen and oxygen atoms in total. The van der Waals surface area contributed by atoms with E-state index in [-0.39, 0.29) is 60.1 Å². The fourth-order valence-electron chi connectivity index (χ4n) is 15.2. The highest BCUT2D eigenvalue weighted by atomic mass is 16.3. The highest BCUT2D eigenvalue weighted by Crippen LogP contribution is 2.44. The summed E-state index contributed by atoms with van der Waals surface area (Å²) in [4.78, 5) is 0. The molecule has 17 N–H and O–H groups in total. The van der Waals surface area contributed by atoms with E-state index >= 15 is 0 Å². The SMILES string of the molecule is CNC[C@@H](c1ccc(CO)cc1)C1(O)CCCCC1.CNC[C@@H](c1ccc(O)cc1)C1(O)CCCCC1.CNC[C@@H](c1ccc(O)cc1)C1(O)CCCCC1.NC[C@@H](c1ccc(CO)cc1)C1(O)CCCCC1.NC[C@@H](c1ccc(O)cc1)C1(O)CCCCC1. The van der Waals surface area contributed by atoms with Crippen LogP contribution in [-0.2, 0) is 13.2 Å². The molecule has 0 bridgehead atoms. The molecule has 0 aliphatic heterocycles. The van der Waals surface area contributed by atoms with Crippen LogP contribution >= 0.6 is 0 Å². The highest BCUT2D eigenvalue weighted by Gasteiger charge is 2.42. The molecule has 0 amide bonds. The Morgan fingerprint density at radius 1 is 0.300 bits per heavy atom. The van der Waals surface area contributed by atoms with Gasteiger partial charge in [0.1, 0.15) is 17.2 Å². The van der Waals surface area contributed by atoms with E-state index in [0.29, 0.717) is 13.1 Å². The normalized spacial score (nSPS) is 20.6. The van der Waals surface area contributed by atoms with Gasteiger partial charge in [-0.2, -0.15) is 0 Å². The maximum Gasteiger partial charge on any atom is 0.115 e. The average Bonchev–Trinajstić information content (AvgIpc) is 1.28. The Hall–Kier alpha value is -4.98. The van der Waals surface area contributed by atoms with Crippen molar-refractivity contribution in [2.75, 3.05) is 53.9 Å². The van der Waals surface area contributed by atoms with Crippen molar-refractivity contribution >= 4 is 0 Å². The number of aliphatic hydroxyl groups excluding tert-OH is 2. The number of benzene rings is 5. The van der Waals surface area contributed by atoms with Gasteiger partial charge in [0.25, 0.3) is 0 Å². The van der Waals surface area contributed by atoms with E-state index in [9.17, 15) is 40.9 Å². The Morgan fingerprint density at radius 3 is 0.656 bits per heavy atom. The van der Waals surface area contributed by atoms with Crippen LogP contribution in [0.25, 0.3) is 0 Å². The lowest BCUT2D eigenvalue weighted by atomic mass is 9.72. The van der Waals surface area contributed by atoms with E-state index < -0.39 is 28.0 Å².